The lowest BCUT2D eigenvalue weighted by atomic mass is 9.52. The Balaban J connectivity index is 1.58. The first-order valence-corrected chi connectivity index (χ1v) is 13.0. The number of fused-ring (bicyclic) bond motifs is 3. The summed E-state index contributed by atoms with van der Waals surface area (Å²) in [5, 5.41) is 23.1. The van der Waals surface area contributed by atoms with Crippen LogP contribution in [0.1, 0.15) is 34.3 Å². The first-order valence-electron chi connectivity index (χ1n) is 12.6. The van der Waals surface area contributed by atoms with Crippen molar-refractivity contribution < 1.29 is 34.2 Å². The van der Waals surface area contributed by atoms with Gasteiger partial charge in [0.05, 0.1) is 17.5 Å². The van der Waals surface area contributed by atoms with E-state index in [0.29, 0.717) is 24.2 Å². The standard InChI is InChI=1S/C27H30ClN3O7/c1-30(2)20-15-9-12-8-14-16(28)10-13(11-31-6-4-3-5-7-31)21(32)18(14)22(33)17(12)24(35)27(15,38)25(36)19(23(20)34)26(29)37/h3-4,10,12,15,17,19-20,32,38H,5-9,11H2,1-2H3,(H2,29,37)/t12-,15-,17?,19?,20+,27-/m0/s1. The molecule has 5 rings (SSSR count). The molecule has 2 unspecified atom stereocenters. The van der Waals surface area contributed by atoms with E-state index < -0.39 is 64.4 Å². The van der Waals surface area contributed by atoms with Gasteiger partial charge in [0, 0.05) is 36.1 Å². The number of carbonyl (C=O) groups is 5. The Morgan fingerprint density at radius 1 is 1.21 bits per heavy atom. The maximum Gasteiger partial charge on any atom is 0.235 e. The second-order valence-electron chi connectivity index (χ2n) is 11.0. The van der Waals surface area contributed by atoms with Crippen molar-refractivity contribution in [1.29, 1.82) is 0 Å². The predicted molar refractivity (Wildman–Crippen MR) is 135 cm³/mol. The Morgan fingerprint density at radius 2 is 1.92 bits per heavy atom. The molecule has 6 atom stereocenters. The summed E-state index contributed by atoms with van der Waals surface area (Å²) in [4.78, 5) is 69.8. The second-order valence-corrected chi connectivity index (χ2v) is 11.4. The summed E-state index contributed by atoms with van der Waals surface area (Å²) < 4.78 is 0. The van der Waals surface area contributed by atoms with Gasteiger partial charge in [-0.15, -0.1) is 0 Å². The van der Waals surface area contributed by atoms with Crippen LogP contribution >= 0.6 is 11.6 Å². The molecule has 0 saturated heterocycles. The molecule has 2 fully saturated rings. The average molecular weight is 544 g/mol. The minimum absolute atomic E-state index is 0.0111. The van der Waals surface area contributed by atoms with E-state index in [4.69, 9.17) is 17.3 Å². The zero-order valence-electron chi connectivity index (χ0n) is 21.1. The van der Waals surface area contributed by atoms with Crippen molar-refractivity contribution in [3.63, 3.8) is 0 Å². The van der Waals surface area contributed by atoms with Crippen molar-refractivity contribution in [2.75, 3.05) is 27.2 Å². The van der Waals surface area contributed by atoms with E-state index in [9.17, 15) is 34.2 Å². The monoisotopic (exact) mass is 543 g/mol. The van der Waals surface area contributed by atoms with Crippen LogP contribution in [0.5, 0.6) is 5.75 Å². The molecule has 38 heavy (non-hydrogen) atoms. The highest BCUT2D eigenvalue weighted by Gasteiger charge is 2.69. The number of phenolic OH excluding ortho intramolecular Hbond substituents is 1. The number of benzene rings is 1. The fourth-order valence-corrected chi connectivity index (χ4v) is 7.18. The number of ketones is 4. The molecule has 0 spiro atoms. The highest BCUT2D eigenvalue weighted by molar-refractivity contribution is 6.34. The van der Waals surface area contributed by atoms with E-state index in [1.807, 2.05) is 6.08 Å². The molecule has 1 aromatic rings. The number of carbonyl (C=O) groups excluding carboxylic acids is 5. The van der Waals surface area contributed by atoms with Gasteiger partial charge in [-0.05, 0) is 50.9 Å². The zero-order chi connectivity index (χ0) is 27.7. The highest BCUT2D eigenvalue weighted by atomic mass is 35.5. The SMILES string of the molecule is CN(C)[C@H]1C(=O)C(C(N)=O)C(=O)[C@@]2(O)C(=O)C3C(=O)c4c(O)c(CN5CC=CCC5)cc(Cl)c4C[C@H]3C[C@@H]12. The molecule has 4 aliphatic rings. The second kappa shape index (κ2) is 9.37. The summed E-state index contributed by atoms with van der Waals surface area (Å²) in [7, 11) is 3.09. The molecule has 1 heterocycles. The van der Waals surface area contributed by atoms with Crippen LogP contribution in [0.15, 0.2) is 18.2 Å². The zero-order valence-corrected chi connectivity index (χ0v) is 21.9. The molecular weight excluding hydrogens is 514 g/mol. The summed E-state index contributed by atoms with van der Waals surface area (Å²) in [5.74, 6) is -10.6. The van der Waals surface area contributed by atoms with Crippen molar-refractivity contribution in [2.45, 2.75) is 37.5 Å². The van der Waals surface area contributed by atoms with Gasteiger partial charge in [-0.25, -0.2) is 0 Å². The van der Waals surface area contributed by atoms with Gasteiger partial charge in [-0.1, -0.05) is 23.8 Å². The number of primary amides is 1. The summed E-state index contributed by atoms with van der Waals surface area (Å²) in [6, 6.07) is 0.498. The number of amides is 1. The summed E-state index contributed by atoms with van der Waals surface area (Å²) >= 11 is 6.62. The Kier molecular flexibility index (Phi) is 6.58. The van der Waals surface area contributed by atoms with E-state index in [2.05, 4.69) is 11.0 Å². The van der Waals surface area contributed by atoms with Gasteiger partial charge < -0.3 is 15.9 Å². The van der Waals surface area contributed by atoms with Crippen LogP contribution in [0.4, 0.5) is 0 Å². The van der Waals surface area contributed by atoms with Gasteiger partial charge in [0.15, 0.2) is 34.7 Å². The van der Waals surface area contributed by atoms with Crippen LogP contribution in [-0.4, -0.2) is 87.9 Å². The number of aliphatic hydroxyl groups is 1. The van der Waals surface area contributed by atoms with E-state index in [0.717, 1.165) is 13.0 Å². The highest BCUT2D eigenvalue weighted by Crippen LogP contribution is 2.51. The van der Waals surface area contributed by atoms with Crippen LogP contribution in [0.3, 0.4) is 0 Å². The number of halogens is 1. The lowest BCUT2D eigenvalue weighted by molar-refractivity contribution is -0.181. The maximum atomic E-state index is 13.9. The van der Waals surface area contributed by atoms with Crippen LogP contribution < -0.4 is 5.73 Å². The van der Waals surface area contributed by atoms with Gasteiger partial charge in [0.2, 0.25) is 5.91 Å². The van der Waals surface area contributed by atoms with Gasteiger partial charge in [0.1, 0.15) is 5.75 Å². The van der Waals surface area contributed by atoms with Crippen molar-refractivity contribution >= 4 is 40.6 Å². The van der Waals surface area contributed by atoms with Crippen molar-refractivity contribution in [2.24, 2.45) is 29.4 Å². The fraction of sp³-hybridized carbons (Fsp3) is 0.519. The number of nitrogens with zero attached hydrogens (tertiary/aromatic N) is 2. The summed E-state index contributed by atoms with van der Waals surface area (Å²) in [6.45, 7) is 1.79. The van der Waals surface area contributed by atoms with Crippen molar-refractivity contribution in [1.82, 2.24) is 9.80 Å². The molecule has 0 bridgehead atoms. The lowest BCUT2D eigenvalue weighted by Crippen LogP contribution is -2.74. The minimum atomic E-state index is -2.74. The smallest absolute Gasteiger partial charge is 0.235 e. The van der Waals surface area contributed by atoms with Crippen LogP contribution in [0, 0.1) is 23.7 Å². The topological polar surface area (TPSA) is 158 Å². The summed E-state index contributed by atoms with van der Waals surface area (Å²) in [5.41, 5.74) is 3.37. The lowest BCUT2D eigenvalue weighted by Gasteiger charge is -2.52. The molecule has 3 aliphatic carbocycles. The normalized spacial score (nSPS) is 33.2. The first kappa shape index (κ1) is 26.7. The quantitative estimate of drug-likeness (QED) is 0.358. The Morgan fingerprint density at radius 3 is 2.53 bits per heavy atom. The largest absolute Gasteiger partial charge is 0.507 e. The molecule has 1 aromatic carbocycles. The van der Waals surface area contributed by atoms with Crippen LogP contribution in [0.25, 0.3) is 0 Å². The number of hydrogen-bond donors (Lipinski definition) is 3. The summed E-state index contributed by atoms with van der Waals surface area (Å²) in [6.07, 6.45) is 5.07. The minimum Gasteiger partial charge on any atom is -0.507 e. The van der Waals surface area contributed by atoms with Gasteiger partial charge >= 0.3 is 0 Å². The Hall–Kier alpha value is -2.92. The van der Waals surface area contributed by atoms with E-state index in [-0.39, 0.29) is 29.2 Å². The Labute approximate surface area is 224 Å². The van der Waals surface area contributed by atoms with Gasteiger partial charge in [-0.3, -0.25) is 33.8 Å². The van der Waals surface area contributed by atoms with Crippen molar-refractivity contribution in [3.05, 3.63) is 39.9 Å². The molecule has 0 radical (unpaired) electrons. The first-order chi connectivity index (χ1) is 17.9. The number of likely N-dealkylation sites (N-methyl/N-ethyl adjacent to an activating group) is 1. The third kappa shape index (κ3) is 3.77. The Bertz CT molecular complexity index is 1310. The molecule has 202 valence electrons. The molecule has 0 aromatic heterocycles. The molecule has 2 saturated carbocycles. The van der Waals surface area contributed by atoms with Crippen LogP contribution in [-0.2, 0) is 32.1 Å². The third-order valence-electron chi connectivity index (χ3n) is 8.62. The van der Waals surface area contributed by atoms with E-state index in [1.165, 1.54) is 4.90 Å². The number of rotatable bonds is 4. The molecule has 1 aliphatic heterocycles. The fourth-order valence-electron chi connectivity index (χ4n) is 6.87. The molecular formula is C27H30ClN3O7. The molecule has 11 heteroatoms. The van der Waals surface area contributed by atoms with E-state index >= 15 is 0 Å². The molecule has 10 nitrogen and oxygen atoms in total. The van der Waals surface area contributed by atoms with E-state index in [1.54, 1.807) is 20.2 Å². The van der Waals surface area contributed by atoms with Gasteiger partial charge in [0.25, 0.3) is 0 Å². The third-order valence-corrected chi connectivity index (χ3v) is 8.96. The number of hydrogen-bond acceptors (Lipinski definition) is 9. The number of Topliss-reactive ketones (excluding diaryl/α,β-unsaturated/α-hetero) is 4. The number of aromatic hydroxyl groups is 1. The van der Waals surface area contributed by atoms with Crippen LogP contribution in [0.2, 0.25) is 5.02 Å². The van der Waals surface area contributed by atoms with Gasteiger partial charge in [-0.2, -0.15) is 0 Å². The average Bonchev–Trinajstić information content (AvgIpc) is 2.84. The maximum absolute atomic E-state index is 13.9. The molecule has 1 amide bonds. The van der Waals surface area contributed by atoms with Crippen molar-refractivity contribution in [3.8, 4) is 5.75 Å². The molecule has 4 N–H and O–H groups in total. The number of phenols is 1. The number of nitrogens with two attached hydrogens (primary N) is 1. The predicted octanol–water partition coefficient (Wildman–Crippen LogP) is 0.282.